The van der Waals surface area contributed by atoms with Gasteiger partial charge in [0.2, 0.25) is 0 Å². The van der Waals surface area contributed by atoms with Crippen LogP contribution in [0.25, 0.3) is 11.1 Å². The van der Waals surface area contributed by atoms with Gasteiger partial charge in [-0.2, -0.15) is 0 Å². The molecule has 0 fully saturated rings. The molecule has 7 nitrogen and oxygen atoms in total. The van der Waals surface area contributed by atoms with Crippen molar-refractivity contribution in [1.29, 1.82) is 0 Å². The maximum absolute atomic E-state index is 12.8. The van der Waals surface area contributed by atoms with Crippen molar-refractivity contribution < 1.29 is 29.7 Å². The van der Waals surface area contributed by atoms with E-state index in [-0.39, 0.29) is 22.6 Å². The summed E-state index contributed by atoms with van der Waals surface area (Å²) in [5.74, 6) is -3.85. The van der Waals surface area contributed by atoms with Crippen molar-refractivity contribution in [2.75, 3.05) is 5.32 Å². The molecule has 0 bridgehead atoms. The minimum absolute atomic E-state index is 0.0294. The van der Waals surface area contributed by atoms with E-state index in [1.54, 1.807) is 36.4 Å². The van der Waals surface area contributed by atoms with Gasteiger partial charge >= 0.3 is 5.97 Å². The molecule has 28 heavy (non-hydrogen) atoms. The zero-order valence-electron chi connectivity index (χ0n) is 14.3. The summed E-state index contributed by atoms with van der Waals surface area (Å²) in [5.41, 5.74) is 1.70. The van der Waals surface area contributed by atoms with E-state index < -0.39 is 28.9 Å². The quantitative estimate of drug-likeness (QED) is 0.322. The monoisotopic (exact) mass is 375 g/mol. The van der Waals surface area contributed by atoms with Crippen molar-refractivity contribution in [1.82, 2.24) is 0 Å². The zero-order chi connectivity index (χ0) is 20.0. The number of nitrogens with one attached hydrogen (secondary N) is 1. The van der Waals surface area contributed by atoms with Gasteiger partial charge in [0, 0.05) is 22.9 Å². The number of rotatable bonds is 3. The number of aromatic carboxylic acids is 1. The Morgan fingerprint density at radius 3 is 2.21 bits per heavy atom. The number of fused-ring (bicyclic) bond motifs is 3. The van der Waals surface area contributed by atoms with Crippen LogP contribution in [0.15, 0.2) is 54.6 Å². The highest BCUT2D eigenvalue weighted by molar-refractivity contribution is 6.26. The van der Waals surface area contributed by atoms with Crippen LogP contribution in [0.1, 0.15) is 36.6 Å². The molecule has 0 saturated carbocycles. The number of hydrogen-bond acceptors (Lipinski definition) is 5. The minimum Gasteiger partial charge on any atom is -0.504 e. The molecule has 3 aromatic carbocycles. The predicted octanol–water partition coefficient (Wildman–Crippen LogP) is 3.26. The van der Waals surface area contributed by atoms with Crippen LogP contribution in [0.4, 0.5) is 5.69 Å². The second kappa shape index (κ2) is 6.24. The van der Waals surface area contributed by atoms with Crippen molar-refractivity contribution in [3.05, 3.63) is 76.9 Å². The number of hydrogen-bond donors (Lipinski definition) is 4. The summed E-state index contributed by atoms with van der Waals surface area (Å²) in [6.45, 7) is 0. The molecule has 0 aromatic heterocycles. The van der Waals surface area contributed by atoms with Gasteiger partial charge in [-0.3, -0.25) is 9.59 Å². The predicted molar refractivity (Wildman–Crippen MR) is 100.0 cm³/mol. The van der Waals surface area contributed by atoms with Gasteiger partial charge in [-0.1, -0.05) is 36.4 Å². The highest BCUT2D eigenvalue weighted by Gasteiger charge is 2.30. The van der Waals surface area contributed by atoms with Crippen LogP contribution in [0.2, 0.25) is 0 Å². The van der Waals surface area contributed by atoms with Gasteiger partial charge < -0.3 is 20.6 Å². The third-order valence-corrected chi connectivity index (χ3v) is 4.58. The molecule has 0 atom stereocenters. The molecule has 0 spiro atoms. The number of carbonyl (C=O) groups is 3. The second-order valence-electron chi connectivity index (χ2n) is 6.25. The Balaban J connectivity index is 1.74. The number of anilines is 1. The van der Waals surface area contributed by atoms with Crippen LogP contribution in [-0.4, -0.2) is 33.0 Å². The van der Waals surface area contributed by atoms with Crippen LogP contribution in [0.5, 0.6) is 11.5 Å². The van der Waals surface area contributed by atoms with Crippen molar-refractivity contribution in [2.45, 2.75) is 0 Å². The van der Waals surface area contributed by atoms with Crippen molar-refractivity contribution in [3.8, 4) is 22.6 Å². The Morgan fingerprint density at radius 2 is 1.50 bits per heavy atom. The lowest BCUT2D eigenvalue weighted by Gasteiger charge is -2.11. The lowest BCUT2D eigenvalue weighted by Crippen LogP contribution is -2.16. The fraction of sp³-hybridized carbons (Fsp3) is 0. The Kier molecular flexibility index (Phi) is 3.85. The number of aromatic hydroxyl groups is 2. The van der Waals surface area contributed by atoms with Gasteiger partial charge in [0.05, 0.1) is 5.56 Å². The summed E-state index contributed by atoms with van der Waals surface area (Å²) in [4.78, 5) is 36.7. The van der Waals surface area contributed by atoms with Crippen molar-refractivity contribution in [3.63, 3.8) is 0 Å². The smallest absolute Gasteiger partial charge is 0.339 e. The number of carboxylic acid groups (broad SMARTS) is 1. The van der Waals surface area contributed by atoms with Gasteiger partial charge in [0.15, 0.2) is 17.3 Å². The fourth-order valence-electron chi connectivity index (χ4n) is 3.31. The Bertz CT molecular complexity index is 1180. The number of carboxylic acids is 1. The molecule has 0 radical (unpaired) electrons. The maximum atomic E-state index is 12.8. The Labute approximate surface area is 158 Å². The van der Waals surface area contributed by atoms with E-state index in [4.69, 9.17) is 5.11 Å². The normalized spacial score (nSPS) is 11.6. The van der Waals surface area contributed by atoms with Crippen LogP contribution in [0, 0.1) is 0 Å². The summed E-state index contributed by atoms with van der Waals surface area (Å²) < 4.78 is 0. The molecule has 0 aliphatic heterocycles. The van der Waals surface area contributed by atoms with E-state index in [1.165, 1.54) is 6.07 Å². The first-order chi connectivity index (χ1) is 13.4. The summed E-state index contributed by atoms with van der Waals surface area (Å²) in [6.07, 6.45) is 0. The number of benzene rings is 3. The maximum Gasteiger partial charge on any atom is 0.339 e. The lowest BCUT2D eigenvalue weighted by atomic mass is 10.00. The number of ketones is 1. The summed E-state index contributed by atoms with van der Waals surface area (Å²) in [6, 6.07) is 14.0. The van der Waals surface area contributed by atoms with E-state index in [9.17, 15) is 24.6 Å². The van der Waals surface area contributed by atoms with Crippen LogP contribution < -0.4 is 5.32 Å². The average molecular weight is 375 g/mol. The van der Waals surface area contributed by atoms with Crippen molar-refractivity contribution >= 4 is 23.3 Å². The topological polar surface area (TPSA) is 124 Å². The first-order valence-electron chi connectivity index (χ1n) is 8.26. The Morgan fingerprint density at radius 1 is 0.821 bits per heavy atom. The summed E-state index contributed by atoms with van der Waals surface area (Å²) in [5, 5.41) is 30.9. The molecule has 1 aliphatic rings. The SMILES string of the molecule is O=C(O)c1cc(NC(=O)c2cccc3c2C(=O)c2ccccc2-3)cc(O)c1O. The number of phenols is 2. The highest BCUT2D eigenvalue weighted by atomic mass is 16.4. The van der Waals surface area contributed by atoms with Gasteiger partial charge in [0.25, 0.3) is 5.91 Å². The molecule has 7 heteroatoms. The van der Waals surface area contributed by atoms with Gasteiger partial charge in [-0.05, 0) is 23.3 Å². The third-order valence-electron chi connectivity index (χ3n) is 4.58. The van der Waals surface area contributed by atoms with Crippen molar-refractivity contribution in [2.24, 2.45) is 0 Å². The van der Waals surface area contributed by atoms with Gasteiger partial charge in [-0.15, -0.1) is 0 Å². The first-order valence-corrected chi connectivity index (χ1v) is 8.26. The molecular formula is C21H13NO6. The molecule has 0 unspecified atom stereocenters. The molecule has 138 valence electrons. The molecule has 3 aromatic rings. The molecule has 0 saturated heterocycles. The van der Waals surface area contributed by atoms with E-state index in [2.05, 4.69) is 5.32 Å². The molecule has 1 amide bonds. The van der Waals surface area contributed by atoms with Gasteiger partial charge in [0.1, 0.15) is 5.56 Å². The number of amides is 1. The zero-order valence-corrected chi connectivity index (χ0v) is 14.3. The number of carbonyl (C=O) groups excluding carboxylic acids is 2. The third kappa shape index (κ3) is 2.57. The largest absolute Gasteiger partial charge is 0.504 e. The lowest BCUT2D eigenvalue weighted by molar-refractivity contribution is 0.0692. The first kappa shape index (κ1) is 17.3. The Hall–Kier alpha value is -4.13. The molecule has 1 aliphatic carbocycles. The fourth-order valence-corrected chi connectivity index (χ4v) is 3.31. The highest BCUT2D eigenvalue weighted by Crippen LogP contribution is 2.38. The van der Waals surface area contributed by atoms with Crippen LogP contribution >= 0.6 is 0 Å². The average Bonchev–Trinajstić information content (AvgIpc) is 2.97. The van der Waals surface area contributed by atoms with E-state index in [0.29, 0.717) is 11.1 Å². The van der Waals surface area contributed by atoms with Crippen LogP contribution in [0.3, 0.4) is 0 Å². The van der Waals surface area contributed by atoms with E-state index in [1.807, 2.05) is 0 Å². The second-order valence-corrected chi connectivity index (χ2v) is 6.25. The molecule has 0 heterocycles. The minimum atomic E-state index is -1.46. The summed E-state index contributed by atoms with van der Waals surface area (Å²) in [7, 11) is 0. The van der Waals surface area contributed by atoms with E-state index in [0.717, 1.165) is 17.7 Å². The van der Waals surface area contributed by atoms with E-state index >= 15 is 0 Å². The number of phenolic OH excluding ortho intramolecular Hbond substituents is 1. The van der Waals surface area contributed by atoms with Gasteiger partial charge in [-0.25, -0.2) is 4.79 Å². The molecular weight excluding hydrogens is 362 g/mol. The molecule has 4 rings (SSSR count). The standard InChI is InChI=1S/C21H13NO6/c23-16-9-10(8-15(18(16)24)21(27)28)22-20(26)14-7-3-6-12-11-4-1-2-5-13(11)19(25)17(12)14/h1-9,23-24H,(H,22,26)(H,27,28). The summed E-state index contributed by atoms with van der Waals surface area (Å²) >= 11 is 0. The molecule has 4 N–H and O–H groups in total. The van der Waals surface area contributed by atoms with Crippen LogP contribution in [-0.2, 0) is 0 Å².